The molecule has 1 aromatic carbocycles. The van der Waals surface area contributed by atoms with E-state index in [1.54, 1.807) is 0 Å². The zero-order valence-corrected chi connectivity index (χ0v) is 12.2. The van der Waals surface area contributed by atoms with Gasteiger partial charge < -0.3 is 10.4 Å². The molecule has 3 aliphatic heterocycles. The van der Waals surface area contributed by atoms with Gasteiger partial charge in [-0.2, -0.15) is 0 Å². The third kappa shape index (κ3) is 3.10. The van der Waals surface area contributed by atoms with E-state index in [-0.39, 0.29) is 5.91 Å². The molecule has 1 atom stereocenters. The molecule has 0 spiro atoms. The number of aliphatic hydroxyl groups is 1. The van der Waals surface area contributed by atoms with Crippen LogP contribution in [0.3, 0.4) is 0 Å². The number of nitrogens with zero attached hydrogens (tertiary/aromatic N) is 1. The summed E-state index contributed by atoms with van der Waals surface area (Å²) in [6.07, 6.45) is 2.07. The number of benzene rings is 1. The molecule has 3 heterocycles. The van der Waals surface area contributed by atoms with E-state index in [9.17, 15) is 9.90 Å². The van der Waals surface area contributed by atoms with Crippen LogP contribution in [-0.2, 0) is 4.79 Å². The fraction of sp³-hybridized carbons (Fsp3) is 0.471. The second kappa shape index (κ2) is 5.51. The molecule has 3 saturated heterocycles. The van der Waals surface area contributed by atoms with Gasteiger partial charge >= 0.3 is 0 Å². The van der Waals surface area contributed by atoms with Crippen LogP contribution in [0.4, 0.5) is 5.69 Å². The Bertz CT molecular complexity index is 591. The van der Waals surface area contributed by atoms with E-state index in [0.29, 0.717) is 12.5 Å². The van der Waals surface area contributed by atoms with Gasteiger partial charge in [-0.25, -0.2) is 0 Å². The zero-order valence-electron chi connectivity index (χ0n) is 12.2. The van der Waals surface area contributed by atoms with Crippen molar-refractivity contribution in [3.05, 3.63) is 29.8 Å². The smallest absolute Gasteiger partial charge is 0.221 e. The summed E-state index contributed by atoms with van der Waals surface area (Å²) in [5, 5.41) is 13.4. The summed E-state index contributed by atoms with van der Waals surface area (Å²) in [5.74, 6) is 6.38. The summed E-state index contributed by atoms with van der Waals surface area (Å²) in [6, 6.07) is 7.38. The van der Waals surface area contributed by atoms with E-state index in [0.717, 1.165) is 37.2 Å². The van der Waals surface area contributed by atoms with Crippen LogP contribution in [0.1, 0.15) is 25.3 Å². The molecule has 2 bridgehead atoms. The number of carbonyl (C=O) groups excluding carboxylic acids is 1. The number of piperidine rings is 3. The van der Waals surface area contributed by atoms with Crippen molar-refractivity contribution in [1.82, 2.24) is 4.90 Å². The molecule has 3 aliphatic rings. The fourth-order valence-corrected chi connectivity index (χ4v) is 3.20. The standard InChI is InChI=1S/C17H20N2O2/c1-13(20)18-16-4-2-14(3-5-16)6-9-17(21)12-19-10-7-15(17)8-11-19/h2-5,15,21H,7-8,10-12H2,1H3,(H,18,20). The van der Waals surface area contributed by atoms with Crippen molar-refractivity contribution in [3.8, 4) is 11.8 Å². The second-order valence-electron chi connectivity index (χ2n) is 5.98. The first kappa shape index (κ1) is 14.1. The lowest BCUT2D eigenvalue weighted by atomic mass is 9.76. The molecule has 0 saturated carbocycles. The molecule has 4 rings (SSSR count). The number of amides is 1. The molecule has 1 amide bonds. The molecule has 1 aromatic rings. The highest BCUT2D eigenvalue weighted by molar-refractivity contribution is 5.88. The quantitative estimate of drug-likeness (QED) is 0.768. The van der Waals surface area contributed by atoms with E-state index >= 15 is 0 Å². The molecule has 3 fully saturated rings. The summed E-state index contributed by atoms with van der Waals surface area (Å²) in [5.41, 5.74) is 0.746. The maximum atomic E-state index is 11.0. The Morgan fingerprint density at radius 2 is 2.00 bits per heavy atom. The van der Waals surface area contributed by atoms with Crippen molar-refractivity contribution in [2.24, 2.45) is 5.92 Å². The van der Waals surface area contributed by atoms with Gasteiger partial charge in [0, 0.05) is 30.6 Å². The van der Waals surface area contributed by atoms with Crippen molar-refractivity contribution in [1.29, 1.82) is 0 Å². The molecule has 2 N–H and O–H groups in total. The molecular formula is C17H20N2O2. The predicted molar refractivity (Wildman–Crippen MR) is 81.7 cm³/mol. The third-order valence-corrected chi connectivity index (χ3v) is 4.36. The first-order chi connectivity index (χ1) is 10.0. The number of carbonyl (C=O) groups is 1. The molecular weight excluding hydrogens is 264 g/mol. The van der Waals surface area contributed by atoms with Gasteiger partial charge in [0.25, 0.3) is 0 Å². The molecule has 0 aromatic heterocycles. The van der Waals surface area contributed by atoms with E-state index in [4.69, 9.17) is 0 Å². The minimum absolute atomic E-state index is 0.0876. The van der Waals surface area contributed by atoms with Gasteiger partial charge in [-0.1, -0.05) is 11.8 Å². The van der Waals surface area contributed by atoms with Crippen LogP contribution in [0, 0.1) is 17.8 Å². The number of fused-ring (bicyclic) bond motifs is 3. The van der Waals surface area contributed by atoms with Gasteiger partial charge in [0.05, 0.1) is 0 Å². The average Bonchev–Trinajstić information content (AvgIpc) is 2.47. The van der Waals surface area contributed by atoms with Crippen LogP contribution in [0.5, 0.6) is 0 Å². The average molecular weight is 284 g/mol. The van der Waals surface area contributed by atoms with Crippen molar-refractivity contribution in [2.45, 2.75) is 25.4 Å². The van der Waals surface area contributed by atoms with Gasteiger partial charge in [0.2, 0.25) is 5.91 Å². The Morgan fingerprint density at radius 3 is 2.52 bits per heavy atom. The van der Waals surface area contributed by atoms with Gasteiger partial charge in [-0.05, 0) is 50.2 Å². The highest BCUT2D eigenvalue weighted by Crippen LogP contribution is 2.35. The monoisotopic (exact) mass is 284 g/mol. The van der Waals surface area contributed by atoms with Crippen LogP contribution >= 0.6 is 0 Å². The molecule has 0 aliphatic carbocycles. The van der Waals surface area contributed by atoms with Gasteiger partial charge in [0.1, 0.15) is 5.60 Å². The Hall–Kier alpha value is -1.83. The van der Waals surface area contributed by atoms with Crippen LogP contribution in [0.25, 0.3) is 0 Å². The van der Waals surface area contributed by atoms with Crippen LogP contribution in [-0.4, -0.2) is 41.1 Å². The zero-order chi connectivity index (χ0) is 14.9. The van der Waals surface area contributed by atoms with Crippen molar-refractivity contribution in [2.75, 3.05) is 25.0 Å². The summed E-state index contributed by atoms with van der Waals surface area (Å²) in [7, 11) is 0. The largest absolute Gasteiger partial charge is 0.376 e. The number of nitrogens with one attached hydrogen (secondary N) is 1. The minimum atomic E-state index is -0.868. The normalized spacial score (nSPS) is 30.4. The minimum Gasteiger partial charge on any atom is -0.376 e. The van der Waals surface area contributed by atoms with Crippen molar-refractivity contribution in [3.63, 3.8) is 0 Å². The molecule has 21 heavy (non-hydrogen) atoms. The summed E-state index contributed by atoms with van der Waals surface area (Å²) >= 11 is 0. The van der Waals surface area contributed by atoms with E-state index in [1.807, 2.05) is 24.3 Å². The first-order valence-corrected chi connectivity index (χ1v) is 7.41. The molecule has 0 radical (unpaired) electrons. The van der Waals surface area contributed by atoms with E-state index < -0.39 is 5.60 Å². The van der Waals surface area contributed by atoms with Gasteiger partial charge in [0.15, 0.2) is 0 Å². The SMILES string of the molecule is CC(=O)Nc1ccc(C#CC2(O)CN3CCC2CC3)cc1. The summed E-state index contributed by atoms with van der Waals surface area (Å²) in [4.78, 5) is 13.3. The number of hydrogen-bond acceptors (Lipinski definition) is 3. The Kier molecular flexibility index (Phi) is 3.71. The fourth-order valence-electron chi connectivity index (χ4n) is 3.20. The predicted octanol–water partition coefficient (Wildman–Crippen LogP) is 1.45. The van der Waals surface area contributed by atoms with Gasteiger partial charge in [-0.3, -0.25) is 9.69 Å². The van der Waals surface area contributed by atoms with Crippen molar-refractivity contribution >= 4 is 11.6 Å². The Morgan fingerprint density at radius 1 is 1.33 bits per heavy atom. The van der Waals surface area contributed by atoms with Crippen LogP contribution in [0.2, 0.25) is 0 Å². The lowest BCUT2D eigenvalue weighted by Gasteiger charge is -2.47. The van der Waals surface area contributed by atoms with Gasteiger partial charge in [-0.15, -0.1) is 0 Å². The number of anilines is 1. The number of rotatable bonds is 1. The second-order valence-corrected chi connectivity index (χ2v) is 5.98. The molecule has 4 heteroatoms. The molecule has 1 unspecified atom stereocenters. The lowest BCUT2D eigenvalue weighted by molar-refractivity contribution is -0.114. The topological polar surface area (TPSA) is 52.6 Å². The maximum Gasteiger partial charge on any atom is 0.221 e. The van der Waals surface area contributed by atoms with E-state index in [1.165, 1.54) is 6.92 Å². The highest BCUT2D eigenvalue weighted by Gasteiger charge is 2.44. The summed E-state index contributed by atoms with van der Waals surface area (Å²) in [6.45, 7) is 4.31. The molecule has 4 nitrogen and oxygen atoms in total. The maximum absolute atomic E-state index is 11.0. The number of hydrogen-bond donors (Lipinski definition) is 2. The van der Waals surface area contributed by atoms with Crippen LogP contribution in [0.15, 0.2) is 24.3 Å². The third-order valence-electron chi connectivity index (χ3n) is 4.36. The first-order valence-electron chi connectivity index (χ1n) is 7.41. The lowest BCUT2D eigenvalue weighted by Crippen LogP contribution is -2.58. The molecule has 110 valence electrons. The Labute approximate surface area is 125 Å². The van der Waals surface area contributed by atoms with Crippen molar-refractivity contribution < 1.29 is 9.90 Å². The highest BCUT2D eigenvalue weighted by atomic mass is 16.3. The summed E-state index contributed by atoms with van der Waals surface area (Å²) < 4.78 is 0. The van der Waals surface area contributed by atoms with E-state index in [2.05, 4.69) is 22.1 Å². The Balaban J connectivity index is 1.73. The van der Waals surface area contributed by atoms with Crippen LogP contribution < -0.4 is 5.32 Å².